The Balaban J connectivity index is 2.34. The van der Waals surface area contributed by atoms with Gasteiger partial charge in [-0.05, 0) is 43.9 Å². The number of aliphatic hydroxyl groups excluding tert-OH is 1. The van der Waals surface area contributed by atoms with E-state index in [4.69, 9.17) is 4.74 Å². The molecule has 1 aromatic carbocycles. The molecule has 0 spiro atoms. The zero-order valence-electron chi connectivity index (χ0n) is 12.7. The van der Waals surface area contributed by atoms with Crippen LogP contribution in [-0.4, -0.2) is 31.4 Å². The summed E-state index contributed by atoms with van der Waals surface area (Å²) in [6.45, 7) is 7.31. The van der Waals surface area contributed by atoms with Crippen LogP contribution in [0, 0.1) is 18.7 Å². The van der Waals surface area contributed by atoms with Gasteiger partial charge < -0.3 is 14.7 Å². The number of nitrogens with zero attached hydrogens (tertiary/aromatic N) is 1. The van der Waals surface area contributed by atoms with Gasteiger partial charge in [0, 0.05) is 31.5 Å². The molecule has 0 radical (unpaired) electrons. The van der Waals surface area contributed by atoms with Gasteiger partial charge in [0.1, 0.15) is 5.82 Å². The summed E-state index contributed by atoms with van der Waals surface area (Å²) in [5.74, 6) is 0.256. The first-order valence-electron chi connectivity index (χ1n) is 7.20. The summed E-state index contributed by atoms with van der Waals surface area (Å²) < 4.78 is 19.3. The number of hydrogen-bond acceptors (Lipinski definition) is 3. The maximum Gasteiger partial charge on any atom is 0.126 e. The molecule has 1 aromatic rings. The minimum atomic E-state index is -0.680. The van der Waals surface area contributed by atoms with Crippen LogP contribution in [0.2, 0.25) is 0 Å². The number of piperidine rings is 1. The maximum atomic E-state index is 13.7. The van der Waals surface area contributed by atoms with Gasteiger partial charge in [-0.2, -0.15) is 0 Å². The molecule has 20 heavy (non-hydrogen) atoms. The van der Waals surface area contributed by atoms with Gasteiger partial charge in [-0.15, -0.1) is 0 Å². The number of anilines is 1. The quantitative estimate of drug-likeness (QED) is 0.924. The Kier molecular flexibility index (Phi) is 4.66. The smallest absolute Gasteiger partial charge is 0.126 e. The second-order valence-corrected chi connectivity index (χ2v) is 5.82. The lowest BCUT2D eigenvalue weighted by Crippen LogP contribution is -2.44. The van der Waals surface area contributed by atoms with Crippen molar-refractivity contribution in [3.8, 4) is 0 Å². The molecule has 3 nitrogen and oxygen atoms in total. The first kappa shape index (κ1) is 15.3. The minimum Gasteiger partial charge on any atom is -0.389 e. The number of ether oxygens (including phenoxy) is 1. The molecule has 1 heterocycles. The average Bonchev–Trinajstić information content (AvgIpc) is 2.41. The standard InChI is InChI=1S/C16H24FNO2/c1-10-5-6-18(9-16(10)20-4)15-7-11(2)14(17)8-13(15)12(3)19/h7-8,10,12,16,19H,5-6,9H2,1-4H3/t10?,12-,16?/m1/s1. The first-order chi connectivity index (χ1) is 9.43. The van der Waals surface area contributed by atoms with Gasteiger partial charge in [0.2, 0.25) is 0 Å². The van der Waals surface area contributed by atoms with Crippen LogP contribution < -0.4 is 4.90 Å². The van der Waals surface area contributed by atoms with Crippen molar-refractivity contribution in [1.82, 2.24) is 0 Å². The third-order valence-corrected chi connectivity index (χ3v) is 4.29. The molecule has 1 saturated heterocycles. The molecular formula is C16H24FNO2. The van der Waals surface area contributed by atoms with E-state index in [2.05, 4.69) is 11.8 Å². The summed E-state index contributed by atoms with van der Waals surface area (Å²) in [4.78, 5) is 2.20. The molecule has 112 valence electrons. The molecule has 0 saturated carbocycles. The molecule has 2 rings (SSSR count). The predicted molar refractivity (Wildman–Crippen MR) is 78.6 cm³/mol. The fraction of sp³-hybridized carbons (Fsp3) is 0.625. The number of methoxy groups -OCH3 is 1. The van der Waals surface area contributed by atoms with E-state index in [-0.39, 0.29) is 11.9 Å². The third-order valence-electron chi connectivity index (χ3n) is 4.29. The van der Waals surface area contributed by atoms with E-state index in [9.17, 15) is 9.50 Å². The molecule has 1 N–H and O–H groups in total. The van der Waals surface area contributed by atoms with Gasteiger partial charge in [-0.25, -0.2) is 4.39 Å². The van der Waals surface area contributed by atoms with Crippen LogP contribution in [0.1, 0.15) is 37.5 Å². The molecular weight excluding hydrogens is 257 g/mol. The number of hydrogen-bond donors (Lipinski definition) is 1. The number of rotatable bonds is 3. The van der Waals surface area contributed by atoms with Crippen molar-refractivity contribution >= 4 is 5.69 Å². The Morgan fingerprint density at radius 1 is 1.45 bits per heavy atom. The molecule has 0 bridgehead atoms. The minimum absolute atomic E-state index is 0.177. The van der Waals surface area contributed by atoms with Gasteiger partial charge in [0.25, 0.3) is 0 Å². The molecule has 1 aliphatic heterocycles. The molecule has 4 heteroatoms. The monoisotopic (exact) mass is 281 g/mol. The average molecular weight is 281 g/mol. The van der Waals surface area contributed by atoms with Crippen LogP contribution >= 0.6 is 0 Å². The summed E-state index contributed by atoms with van der Waals surface area (Å²) in [7, 11) is 1.73. The van der Waals surface area contributed by atoms with Crippen LogP contribution in [0.15, 0.2) is 12.1 Å². The highest BCUT2D eigenvalue weighted by Crippen LogP contribution is 2.32. The number of aliphatic hydroxyl groups is 1. The van der Waals surface area contributed by atoms with Crippen LogP contribution in [0.3, 0.4) is 0 Å². The Bertz CT molecular complexity index is 476. The van der Waals surface area contributed by atoms with Crippen LogP contribution in [0.25, 0.3) is 0 Å². The molecule has 1 fully saturated rings. The van der Waals surface area contributed by atoms with E-state index in [0.717, 1.165) is 25.2 Å². The zero-order chi connectivity index (χ0) is 14.9. The highest BCUT2D eigenvalue weighted by Gasteiger charge is 2.28. The lowest BCUT2D eigenvalue weighted by Gasteiger charge is -2.39. The number of aryl methyl sites for hydroxylation is 1. The second kappa shape index (κ2) is 6.10. The van der Waals surface area contributed by atoms with E-state index in [1.165, 1.54) is 6.07 Å². The summed E-state index contributed by atoms with van der Waals surface area (Å²) in [5.41, 5.74) is 2.18. The van der Waals surface area contributed by atoms with E-state index in [0.29, 0.717) is 17.0 Å². The van der Waals surface area contributed by atoms with Gasteiger partial charge in [-0.1, -0.05) is 6.92 Å². The number of halogens is 1. The fourth-order valence-electron chi connectivity index (χ4n) is 2.85. The Morgan fingerprint density at radius 2 is 2.15 bits per heavy atom. The van der Waals surface area contributed by atoms with Crippen molar-refractivity contribution in [3.05, 3.63) is 29.1 Å². The van der Waals surface area contributed by atoms with E-state index in [1.807, 2.05) is 6.07 Å². The lowest BCUT2D eigenvalue weighted by atomic mass is 9.94. The van der Waals surface area contributed by atoms with Crippen molar-refractivity contribution in [2.45, 2.75) is 39.4 Å². The van der Waals surface area contributed by atoms with Crippen LogP contribution in [-0.2, 0) is 4.74 Å². The van der Waals surface area contributed by atoms with Crippen molar-refractivity contribution in [2.75, 3.05) is 25.1 Å². The highest BCUT2D eigenvalue weighted by atomic mass is 19.1. The topological polar surface area (TPSA) is 32.7 Å². The fourth-order valence-corrected chi connectivity index (χ4v) is 2.85. The normalized spacial score (nSPS) is 24.8. The molecule has 2 unspecified atom stereocenters. The van der Waals surface area contributed by atoms with Gasteiger partial charge >= 0.3 is 0 Å². The van der Waals surface area contributed by atoms with E-state index >= 15 is 0 Å². The first-order valence-corrected chi connectivity index (χ1v) is 7.20. The molecule has 0 amide bonds. The summed E-state index contributed by atoms with van der Waals surface area (Å²) in [6.07, 6.45) is 0.533. The summed E-state index contributed by atoms with van der Waals surface area (Å²) in [5, 5.41) is 9.90. The zero-order valence-corrected chi connectivity index (χ0v) is 12.7. The van der Waals surface area contributed by atoms with Crippen LogP contribution in [0.4, 0.5) is 10.1 Å². The van der Waals surface area contributed by atoms with Crippen LogP contribution in [0.5, 0.6) is 0 Å². The van der Waals surface area contributed by atoms with Crippen molar-refractivity contribution in [2.24, 2.45) is 5.92 Å². The van der Waals surface area contributed by atoms with Crippen molar-refractivity contribution in [3.63, 3.8) is 0 Å². The molecule has 0 aromatic heterocycles. The molecule has 1 aliphatic rings. The predicted octanol–water partition coefficient (Wildman–Crippen LogP) is 3.05. The van der Waals surface area contributed by atoms with Crippen molar-refractivity contribution in [1.29, 1.82) is 0 Å². The highest BCUT2D eigenvalue weighted by molar-refractivity contribution is 5.57. The molecule has 3 atom stereocenters. The SMILES string of the molecule is COC1CN(c2cc(C)c(F)cc2[C@@H](C)O)CCC1C. The Labute approximate surface area is 120 Å². The van der Waals surface area contributed by atoms with Gasteiger partial charge in [-0.3, -0.25) is 0 Å². The van der Waals surface area contributed by atoms with Crippen molar-refractivity contribution < 1.29 is 14.2 Å². The second-order valence-electron chi connectivity index (χ2n) is 5.82. The van der Waals surface area contributed by atoms with Gasteiger partial charge in [0.05, 0.1) is 12.2 Å². The molecule has 0 aliphatic carbocycles. The Hall–Kier alpha value is -1.13. The van der Waals surface area contributed by atoms with E-state index < -0.39 is 6.10 Å². The van der Waals surface area contributed by atoms with Gasteiger partial charge in [0.15, 0.2) is 0 Å². The largest absolute Gasteiger partial charge is 0.389 e. The Morgan fingerprint density at radius 3 is 2.75 bits per heavy atom. The summed E-state index contributed by atoms with van der Waals surface area (Å²) >= 11 is 0. The third kappa shape index (κ3) is 2.96. The van der Waals surface area contributed by atoms with E-state index in [1.54, 1.807) is 21.0 Å². The maximum absolute atomic E-state index is 13.7. The summed E-state index contributed by atoms with van der Waals surface area (Å²) in [6, 6.07) is 3.29. The number of benzene rings is 1. The lowest BCUT2D eigenvalue weighted by molar-refractivity contribution is 0.0496.